The second-order valence-electron chi connectivity index (χ2n) is 5.29. The molecule has 110 valence electrons. The van der Waals surface area contributed by atoms with Gasteiger partial charge < -0.3 is 15.1 Å². The van der Waals surface area contributed by atoms with Crippen LogP contribution < -0.4 is 5.32 Å². The zero-order valence-corrected chi connectivity index (χ0v) is 13.3. The van der Waals surface area contributed by atoms with Gasteiger partial charge in [-0.3, -0.25) is 4.79 Å². The Balaban J connectivity index is 2.68. The highest BCUT2D eigenvalue weighted by atomic mass is 32.2. The molecule has 2 atom stereocenters. The first-order valence-corrected chi connectivity index (χ1v) is 7.95. The van der Waals surface area contributed by atoms with Crippen molar-refractivity contribution >= 4 is 23.7 Å². The number of hydrogen-bond donors (Lipinski definition) is 1. The van der Waals surface area contributed by atoms with Crippen molar-refractivity contribution in [3.63, 3.8) is 0 Å². The van der Waals surface area contributed by atoms with Crippen LogP contribution in [0.2, 0.25) is 0 Å². The fraction of sp³-hybridized carbons (Fsp3) is 0.846. The van der Waals surface area contributed by atoms with E-state index in [1.807, 2.05) is 27.7 Å². The van der Waals surface area contributed by atoms with Gasteiger partial charge in [-0.15, -0.1) is 11.8 Å². The van der Waals surface area contributed by atoms with Gasteiger partial charge >= 0.3 is 6.03 Å². The average molecular weight is 287 g/mol. The summed E-state index contributed by atoms with van der Waals surface area (Å²) in [6, 6.07) is -0.119. The zero-order valence-electron chi connectivity index (χ0n) is 12.5. The minimum atomic E-state index is -0.340. The molecule has 1 aliphatic heterocycles. The molecule has 0 aromatic heterocycles. The first-order valence-electron chi connectivity index (χ1n) is 6.80. The maximum atomic E-state index is 12.3. The van der Waals surface area contributed by atoms with Gasteiger partial charge in [-0.05, 0) is 27.2 Å². The van der Waals surface area contributed by atoms with E-state index in [2.05, 4.69) is 5.32 Å². The van der Waals surface area contributed by atoms with Crippen molar-refractivity contribution in [2.45, 2.75) is 52.2 Å². The number of urea groups is 1. The van der Waals surface area contributed by atoms with Crippen LogP contribution in [0, 0.1) is 0 Å². The molecule has 1 heterocycles. The molecule has 0 radical (unpaired) electrons. The minimum Gasteiger partial charge on any atom is -0.352 e. The molecular formula is C13H25N3O2S. The van der Waals surface area contributed by atoms with Crippen molar-refractivity contribution in [1.82, 2.24) is 15.1 Å². The highest BCUT2D eigenvalue weighted by Crippen LogP contribution is 2.23. The Hall–Kier alpha value is -0.910. The first-order chi connectivity index (χ1) is 8.88. The fourth-order valence-electron chi connectivity index (χ4n) is 1.71. The van der Waals surface area contributed by atoms with Crippen LogP contribution in [0.1, 0.15) is 34.1 Å². The molecule has 3 amide bonds. The van der Waals surface area contributed by atoms with Crippen molar-refractivity contribution in [1.29, 1.82) is 0 Å². The van der Waals surface area contributed by atoms with Gasteiger partial charge in [0.1, 0.15) is 6.04 Å². The highest BCUT2D eigenvalue weighted by molar-refractivity contribution is 7.99. The lowest BCUT2D eigenvalue weighted by molar-refractivity contribution is -0.125. The number of carbonyl (C=O) groups excluding carboxylic acids is 2. The van der Waals surface area contributed by atoms with E-state index in [4.69, 9.17) is 0 Å². The molecular weight excluding hydrogens is 262 g/mol. The number of hydrogen-bond acceptors (Lipinski definition) is 3. The van der Waals surface area contributed by atoms with E-state index in [1.54, 1.807) is 28.6 Å². The summed E-state index contributed by atoms with van der Waals surface area (Å²) in [5.41, 5.74) is 0. The molecule has 1 N–H and O–H groups in total. The zero-order chi connectivity index (χ0) is 14.6. The summed E-state index contributed by atoms with van der Waals surface area (Å²) in [6.07, 6.45) is 0.894. The van der Waals surface area contributed by atoms with Gasteiger partial charge in [0, 0.05) is 24.9 Å². The van der Waals surface area contributed by atoms with Gasteiger partial charge in [0.15, 0.2) is 0 Å². The smallest absolute Gasteiger partial charge is 0.321 e. The Kier molecular flexibility index (Phi) is 5.97. The van der Waals surface area contributed by atoms with Gasteiger partial charge in [0.2, 0.25) is 5.91 Å². The molecule has 0 aromatic rings. The van der Waals surface area contributed by atoms with E-state index in [0.29, 0.717) is 11.6 Å². The quantitative estimate of drug-likeness (QED) is 0.857. The summed E-state index contributed by atoms with van der Waals surface area (Å²) in [5, 5.41) is 2.96. The molecule has 5 nitrogen and oxygen atoms in total. The number of nitrogens with zero attached hydrogens (tertiary/aromatic N) is 2. The van der Waals surface area contributed by atoms with E-state index in [0.717, 1.165) is 6.42 Å². The van der Waals surface area contributed by atoms with Crippen LogP contribution >= 0.6 is 11.8 Å². The molecule has 6 heteroatoms. The van der Waals surface area contributed by atoms with Crippen molar-refractivity contribution in [2.24, 2.45) is 0 Å². The van der Waals surface area contributed by atoms with Crippen LogP contribution in [-0.4, -0.2) is 58.5 Å². The van der Waals surface area contributed by atoms with Crippen LogP contribution in [0.15, 0.2) is 0 Å². The summed E-state index contributed by atoms with van der Waals surface area (Å²) >= 11 is 1.63. The van der Waals surface area contributed by atoms with Gasteiger partial charge in [-0.1, -0.05) is 6.92 Å². The molecule has 2 unspecified atom stereocenters. The maximum absolute atomic E-state index is 12.3. The molecule has 0 bridgehead atoms. The molecule has 1 saturated heterocycles. The van der Waals surface area contributed by atoms with Crippen LogP contribution in [-0.2, 0) is 4.79 Å². The predicted molar refractivity (Wildman–Crippen MR) is 79.1 cm³/mol. The van der Waals surface area contributed by atoms with Crippen molar-refractivity contribution in [3.8, 4) is 0 Å². The topological polar surface area (TPSA) is 52.7 Å². The largest absolute Gasteiger partial charge is 0.352 e. The Labute approximate surface area is 120 Å². The number of thioether (sulfide) groups is 1. The normalized spacial score (nSPS) is 20.5. The molecule has 19 heavy (non-hydrogen) atoms. The van der Waals surface area contributed by atoms with Crippen LogP contribution in [0.4, 0.5) is 4.79 Å². The molecule has 0 aliphatic carbocycles. The van der Waals surface area contributed by atoms with Gasteiger partial charge in [0.05, 0.1) is 5.88 Å². The lowest BCUT2D eigenvalue weighted by Crippen LogP contribution is -2.53. The Bertz CT molecular complexity index is 336. The van der Waals surface area contributed by atoms with E-state index in [1.165, 1.54) is 0 Å². The second-order valence-corrected chi connectivity index (χ2v) is 6.29. The molecule has 1 aliphatic rings. The molecule has 1 rings (SSSR count). The third-order valence-corrected chi connectivity index (χ3v) is 4.52. The monoisotopic (exact) mass is 287 g/mol. The lowest BCUT2D eigenvalue weighted by atomic mass is 10.2. The number of amides is 3. The molecule has 0 saturated carbocycles. The van der Waals surface area contributed by atoms with Crippen molar-refractivity contribution in [3.05, 3.63) is 0 Å². The standard InChI is InChI=1S/C13H25N3O2S/c1-6-10(4)14-12(17)11-7-19-8-16(11)13(18)15(5)9(2)3/h9-11H,6-8H2,1-5H3,(H,14,17). The molecule has 0 aromatic carbocycles. The first kappa shape index (κ1) is 16.1. The van der Waals surface area contributed by atoms with Crippen molar-refractivity contribution in [2.75, 3.05) is 18.7 Å². The number of carbonyl (C=O) groups is 2. The summed E-state index contributed by atoms with van der Waals surface area (Å²) in [7, 11) is 1.78. The van der Waals surface area contributed by atoms with E-state index < -0.39 is 0 Å². The van der Waals surface area contributed by atoms with E-state index in [-0.39, 0.29) is 30.1 Å². The Morgan fingerprint density at radius 3 is 2.58 bits per heavy atom. The van der Waals surface area contributed by atoms with Gasteiger partial charge in [-0.25, -0.2) is 4.79 Å². The summed E-state index contributed by atoms with van der Waals surface area (Å²) < 4.78 is 0. The fourth-order valence-corrected chi connectivity index (χ4v) is 2.86. The predicted octanol–water partition coefficient (Wildman–Crippen LogP) is 1.74. The molecule has 0 spiro atoms. The number of rotatable bonds is 4. The summed E-state index contributed by atoms with van der Waals surface area (Å²) in [6.45, 7) is 7.95. The van der Waals surface area contributed by atoms with Crippen molar-refractivity contribution < 1.29 is 9.59 Å². The number of nitrogens with one attached hydrogen (secondary N) is 1. The van der Waals surface area contributed by atoms with Gasteiger partial charge in [0.25, 0.3) is 0 Å². The molecule has 1 fully saturated rings. The third-order valence-electron chi connectivity index (χ3n) is 3.51. The Morgan fingerprint density at radius 2 is 2.05 bits per heavy atom. The van der Waals surface area contributed by atoms with E-state index in [9.17, 15) is 9.59 Å². The summed E-state index contributed by atoms with van der Waals surface area (Å²) in [5.74, 6) is 1.24. The third kappa shape index (κ3) is 4.03. The van der Waals surface area contributed by atoms with Crippen LogP contribution in [0.25, 0.3) is 0 Å². The highest BCUT2D eigenvalue weighted by Gasteiger charge is 2.36. The maximum Gasteiger partial charge on any atom is 0.321 e. The van der Waals surface area contributed by atoms with Crippen LogP contribution in [0.3, 0.4) is 0 Å². The SMILES string of the molecule is CCC(C)NC(=O)C1CSCN1C(=O)N(C)C(C)C. The lowest BCUT2D eigenvalue weighted by Gasteiger charge is -2.31. The Morgan fingerprint density at radius 1 is 1.42 bits per heavy atom. The average Bonchev–Trinajstić information content (AvgIpc) is 2.85. The summed E-state index contributed by atoms with van der Waals surface area (Å²) in [4.78, 5) is 27.8. The second kappa shape index (κ2) is 7.03. The van der Waals surface area contributed by atoms with Gasteiger partial charge in [-0.2, -0.15) is 0 Å². The minimum absolute atomic E-state index is 0.0372. The van der Waals surface area contributed by atoms with E-state index >= 15 is 0 Å². The van der Waals surface area contributed by atoms with Crippen LogP contribution in [0.5, 0.6) is 0 Å².